The predicted molar refractivity (Wildman–Crippen MR) is 86.0 cm³/mol. The SMILES string of the molecule is CC1CCC(N(C)c2ccc3cc(N)ccc3n2)CC1. The third-order valence-corrected chi connectivity index (χ3v) is 4.59. The van der Waals surface area contributed by atoms with Gasteiger partial charge in [0.1, 0.15) is 5.82 Å². The molecule has 1 fully saturated rings. The number of hydrogen-bond donors (Lipinski definition) is 1. The molecule has 0 aliphatic heterocycles. The van der Waals surface area contributed by atoms with Gasteiger partial charge in [-0.3, -0.25) is 0 Å². The fraction of sp³-hybridized carbons (Fsp3) is 0.471. The molecule has 0 bridgehead atoms. The van der Waals surface area contributed by atoms with E-state index >= 15 is 0 Å². The molecular formula is C17H23N3. The number of aromatic nitrogens is 1. The van der Waals surface area contributed by atoms with Crippen LogP contribution in [0.25, 0.3) is 10.9 Å². The van der Waals surface area contributed by atoms with Gasteiger partial charge in [0.2, 0.25) is 0 Å². The summed E-state index contributed by atoms with van der Waals surface area (Å²) in [4.78, 5) is 7.13. The molecule has 0 radical (unpaired) electrons. The first-order valence-electron chi connectivity index (χ1n) is 7.52. The Morgan fingerprint density at radius 1 is 1.10 bits per heavy atom. The van der Waals surface area contributed by atoms with Gasteiger partial charge >= 0.3 is 0 Å². The number of nitrogens with two attached hydrogens (primary N) is 1. The first kappa shape index (κ1) is 13.2. The van der Waals surface area contributed by atoms with E-state index in [2.05, 4.69) is 31.0 Å². The zero-order valence-electron chi connectivity index (χ0n) is 12.3. The minimum atomic E-state index is 0.630. The minimum absolute atomic E-state index is 0.630. The van der Waals surface area contributed by atoms with Gasteiger partial charge in [-0.1, -0.05) is 6.92 Å². The Kier molecular flexibility index (Phi) is 3.51. The van der Waals surface area contributed by atoms with E-state index in [4.69, 9.17) is 10.7 Å². The molecule has 0 atom stereocenters. The van der Waals surface area contributed by atoms with Gasteiger partial charge in [-0.25, -0.2) is 4.98 Å². The first-order valence-corrected chi connectivity index (χ1v) is 7.52. The highest BCUT2D eigenvalue weighted by Crippen LogP contribution is 2.29. The fourth-order valence-corrected chi connectivity index (χ4v) is 3.15. The van der Waals surface area contributed by atoms with Gasteiger partial charge < -0.3 is 10.6 Å². The maximum atomic E-state index is 5.81. The highest BCUT2D eigenvalue weighted by molar-refractivity contribution is 5.83. The van der Waals surface area contributed by atoms with Crippen LogP contribution in [0.15, 0.2) is 30.3 Å². The first-order chi connectivity index (χ1) is 9.63. The summed E-state index contributed by atoms with van der Waals surface area (Å²) in [5, 5.41) is 1.11. The zero-order chi connectivity index (χ0) is 14.1. The lowest BCUT2D eigenvalue weighted by Crippen LogP contribution is -2.35. The van der Waals surface area contributed by atoms with Gasteiger partial charge in [0.05, 0.1) is 5.52 Å². The molecule has 0 amide bonds. The number of anilines is 2. The van der Waals surface area contributed by atoms with Crippen LogP contribution in [0.3, 0.4) is 0 Å². The largest absolute Gasteiger partial charge is 0.399 e. The van der Waals surface area contributed by atoms with Crippen molar-refractivity contribution >= 4 is 22.4 Å². The molecule has 3 rings (SSSR count). The Morgan fingerprint density at radius 3 is 2.60 bits per heavy atom. The summed E-state index contributed by atoms with van der Waals surface area (Å²) >= 11 is 0. The summed E-state index contributed by atoms with van der Waals surface area (Å²) < 4.78 is 0. The maximum absolute atomic E-state index is 5.81. The lowest BCUT2D eigenvalue weighted by atomic mass is 9.87. The van der Waals surface area contributed by atoms with Gasteiger partial charge in [-0.15, -0.1) is 0 Å². The molecule has 1 saturated carbocycles. The Bertz CT molecular complexity index is 600. The van der Waals surface area contributed by atoms with Crippen LogP contribution in [0.5, 0.6) is 0 Å². The number of pyridine rings is 1. The zero-order valence-corrected chi connectivity index (χ0v) is 12.3. The summed E-state index contributed by atoms with van der Waals surface area (Å²) in [5.41, 5.74) is 7.63. The van der Waals surface area contributed by atoms with Crippen LogP contribution >= 0.6 is 0 Å². The van der Waals surface area contributed by atoms with Gasteiger partial charge in [0.15, 0.2) is 0 Å². The molecule has 1 aromatic heterocycles. The van der Waals surface area contributed by atoms with Crippen LogP contribution in [0, 0.1) is 5.92 Å². The quantitative estimate of drug-likeness (QED) is 0.842. The third kappa shape index (κ3) is 2.58. The molecule has 1 aliphatic rings. The van der Waals surface area contributed by atoms with Crippen molar-refractivity contribution in [3.63, 3.8) is 0 Å². The average Bonchev–Trinajstić information content (AvgIpc) is 2.47. The van der Waals surface area contributed by atoms with E-state index in [-0.39, 0.29) is 0 Å². The summed E-state index contributed by atoms with van der Waals surface area (Å²) in [6.07, 6.45) is 5.22. The summed E-state index contributed by atoms with van der Waals surface area (Å²) in [5.74, 6) is 1.95. The molecule has 106 valence electrons. The molecule has 0 spiro atoms. The number of hydrogen-bond acceptors (Lipinski definition) is 3. The maximum Gasteiger partial charge on any atom is 0.129 e. The van der Waals surface area contributed by atoms with Crippen molar-refractivity contribution in [2.75, 3.05) is 17.7 Å². The number of nitrogens with zero attached hydrogens (tertiary/aromatic N) is 2. The lowest BCUT2D eigenvalue weighted by molar-refractivity contribution is 0.340. The molecule has 1 aliphatic carbocycles. The normalized spacial score (nSPS) is 22.9. The van der Waals surface area contributed by atoms with Crippen molar-refractivity contribution < 1.29 is 0 Å². The third-order valence-electron chi connectivity index (χ3n) is 4.59. The molecule has 0 unspecified atom stereocenters. The van der Waals surface area contributed by atoms with Crippen LogP contribution in [-0.2, 0) is 0 Å². The smallest absolute Gasteiger partial charge is 0.129 e. The molecule has 2 aromatic rings. The van der Waals surface area contributed by atoms with E-state index in [0.717, 1.165) is 28.3 Å². The van der Waals surface area contributed by atoms with Crippen molar-refractivity contribution in [3.05, 3.63) is 30.3 Å². The van der Waals surface area contributed by atoms with Gasteiger partial charge in [-0.05, 0) is 61.9 Å². The van der Waals surface area contributed by atoms with Crippen LogP contribution in [0.2, 0.25) is 0 Å². The van der Waals surface area contributed by atoms with E-state index in [1.54, 1.807) is 0 Å². The van der Waals surface area contributed by atoms with Gasteiger partial charge in [0, 0.05) is 24.2 Å². The predicted octanol–water partition coefficient (Wildman–Crippen LogP) is 3.83. The van der Waals surface area contributed by atoms with Crippen LogP contribution in [-0.4, -0.2) is 18.1 Å². The van der Waals surface area contributed by atoms with Gasteiger partial charge in [0.25, 0.3) is 0 Å². The Hall–Kier alpha value is -1.77. The lowest BCUT2D eigenvalue weighted by Gasteiger charge is -2.34. The van der Waals surface area contributed by atoms with Crippen molar-refractivity contribution in [3.8, 4) is 0 Å². The Balaban J connectivity index is 1.84. The van der Waals surface area contributed by atoms with E-state index in [9.17, 15) is 0 Å². The highest BCUT2D eigenvalue weighted by Gasteiger charge is 2.22. The molecule has 3 heteroatoms. The molecule has 1 aromatic carbocycles. The van der Waals surface area contributed by atoms with E-state index in [1.165, 1.54) is 25.7 Å². The van der Waals surface area contributed by atoms with E-state index in [0.29, 0.717) is 6.04 Å². The second kappa shape index (κ2) is 5.31. The van der Waals surface area contributed by atoms with Crippen LogP contribution in [0.1, 0.15) is 32.6 Å². The molecule has 0 saturated heterocycles. The standard InChI is InChI=1S/C17H23N3/c1-12-3-7-15(8-4-12)20(2)17-10-5-13-11-14(18)6-9-16(13)19-17/h5-6,9-12,15H,3-4,7-8,18H2,1-2H3. The van der Waals surface area contributed by atoms with Crippen molar-refractivity contribution in [1.82, 2.24) is 4.98 Å². The molecule has 3 nitrogen and oxygen atoms in total. The van der Waals surface area contributed by atoms with E-state index < -0.39 is 0 Å². The monoisotopic (exact) mass is 269 g/mol. The topological polar surface area (TPSA) is 42.1 Å². The van der Waals surface area contributed by atoms with Crippen molar-refractivity contribution in [1.29, 1.82) is 0 Å². The van der Waals surface area contributed by atoms with Crippen molar-refractivity contribution in [2.45, 2.75) is 38.6 Å². The van der Waals surface area contributed by atoms with Gasteiger partial charge in [-0.2, -0.15) is 0 Å². The second-order valence-electron chi connectivity index (χ2n) is 6.15. The number of fused-ring (bicyclic) bond motifs is 1. The number of nitrogen functional groups attached to an aromatic ring is 1. The number of rotatable bonds is 2. The highest BCUT2D eigenvalue weighted by atomic mass is 15.2. The summed E-state index contributed by atoms with van der Waals surface area (Å²) in [7, 11) is 2.17. The summed E-state index contributed by atoms with van der Waals surface area (Å²) in [6.45, 7) is 2.36. The average molecular weight is 269 g/mol. The Labute approximate surface area is 120 Å². The van der Waals surface area contributed by atoms with Crippen molar-refractivity contribution in [2.24, 2.45) is 5.92 Å². The van der Waals surface area contributed by atoms with Crippen LogP contribution < -0.4 is 10.6 Å². The molecular weight excluding hydrogens is 246 g/mol. The van der Waals surface area contributed by atoms with E-state index in [1.807, 2.05) is 18.2 Å². The molecule has 1 heterocycles. The minimum Gasteiger partial charge on any atom is -0.399 e. The second-order valence-corrected chi connectivity index (χ2v) is 6.15. The fourth-order valence-electron chi connectivity index (χ4n) is 3.15. The Morgan fingerprint density at radius 2 is 1.85 bits per heavy atom. The molecule has 20 heavy (non-hydrogen) atoms. The number of benzene rings is 1. The van der Waals surface area contributed by atoms with Crippen LogP contribution in [0.4, 0.5) is 11.5 Å². The summed E-state index contributed by atoms with van der Waals surface area (Å²) in [6, 6.07) is 10.8. The molecule has 2 N–H and O–H groups in total.